The maximum absolute atomic E-state index is 12.4. The van der Waals surface area contributed by atoms with Crippen molar-refractivity contribution in [2.24, 2.45) is 11.3 Å². The van der Waals surface area contributed by atoms with Crippen molar-refractivity contribution in [3.05, 3.63) is 34.9 Å². The molecule has 2 rings (SSSR count). The molecule has 0 spiro atoms. The van der Waals surface area contributed by atoms with Crippen molar-refractivity contribution in [2.75, 3.05) is 0 Å². The molecule has 0 N–H and O–H groups in total. The van der Waals surface area contributed by atoms with Gasteiger partial charge in [-0.25, -0.2) is 0 Å². The maximum atomic E-state index is 12.4. The lowest BCUT2D eigenvalue weighted by Gasteiger charge is -2.37. The molecule has 0 radical (unpaired) electrons. The van der Waals surface area contributed by atoms with Gasteiger partial charge in [0, 0.05) is 5.02 Å². The molecule has 1 heterocycles. The van der Waals surface area contributed by atoms with E-state index in [1.54, 1.807) is 38.1 Å². The van der Waals surface area contributed by atoms with Crippen molar-refractivity contribution in [1.82, 2.24) is 0 Å². The third-order valence-corrected chi connectivity index (χ3v) is 3.95. The van der Waals surface area contributed by atoms with E-state index in [2.05, 4.69) is 0 Å². The molecular formula is C15H17ClO3. The van der Waals surface area contributed by atoms with Gasteiger partial charge in [0.1, 0.15) is 11.5 Å². The van der Waals surface area contributed by atoms with Crippen molar-refractivity contribution in [1.29, 1.82) is 0 Å². The summed E-state index contributed by atoms with van der Waals surface area (Å²) in [6, 6.07) is 7.08. The van der Waals surface area contributed by atoms with Gasteiger partial charge in [0.15, 0.2) is 5.78 Å². The summed E-state index contributed by atoms with van der Waals surface area (Å²) in [4.78, 5) is 24.4. The van der Waals surface area contributed by atoms with E-state index < -0.39 is 17.5 Å². The zero-order valence-corrected chi connectivity index (χ0v) is 12.0. The molecule has 1 fully saturated rings. The van der Waals surface area contributed by atoms with Crippen LogP contribution in [0.15, 0.2) is 24.3 Å². The summed E-state index contributed by atoms with van der Waals surface area (Å²) in [6.07, 6.45) is 0.137. The molecule has 1 aromatic carbocycles. The molecule has 0 saturated carbocycles. The van der Waals surface area contributed by atoms with Crippen LogP contribution in [0, 0.1) is 11.3 Å². The van der Waals surface area contributed by atoms with Gasteiger partial charge >= 0.3 is 5.97 Å². The summed E-state index contributed by atoms with van der Waals surface area (Å²) in [7, 11) is 0. The highest BCUT2D eigenvalue weighted by atomic mass is 35.5. The van der Waals surface area contributed by atoms with Gasteiger partial charge in [0.05, 0.1) is 5.92 Å². The van der Waals surface area contributed by atoms with E-state index in [1.165, 1.54) is 0 Å². The van der Waals surface area contributed by atoms with Crippen LogP contribution in [0.5, 0.6) is 0 Å². The van der Waals surface area contributed by atoms with E-state index in [-0.39, 0.29) is 11.7 Å². The monoisotopic (exact) mass is 280 g/mol. The second-order valence-corrected chi connectivity index (χ2v) is 5.82. The van der Waals surface area contributed by atoms with E-state index in [1.807, 2.05) is 6.92 Å². The molecule has 1 saturated heterocycles. The summed E-state index contributed by atoms with van der Waals surface area (Å²) in [5, 5.41) is 0.616. The topological polar surface area (TPSA) is 43.4 Å². The lowest BCUT2D eigenvalue weighted by Crippen LogP contribution is -2.47. The largest absolute Gasteiger partial charge is 0.456 e. The highest BCUT2D eigenvalue weighted by Gasteiger charge is 2.50. The highest BCUT2D eigenvalue weighted by molar-refractivity contribution is 6.30. The highest BCUT2D eigenvalue weighted by Crippen LogP contribution is 2.41. The number of carbonyl (C=O) groups excluding carboxylic acids is 2. The number of hydrogen-bond acceptors (Lipinski definition) is 3. The van der Waals surface area contributed by atoms with Gasteiger partial charge in [0.25, 0.3) is 0 Å². The SMILES string of the molecule is CC[C@H]1C(=O)C(C)(C)C(=O)O[C@H]1c1ccc(Cl)cc1. The number of carbonyl (C=O) groups is 2. The number of esters is 1. The lowest BCUT2D eigenvalue weighted by atomic mass is 9.74. The number of hydrogen-bond donors (Lipinski definition) is 0. The Morgan fingerprint density at radius 2 is 1.79 bits per heavy atom. The molecule has 0 unspecified atom stereocenters. The van der Waals surface area contributed by atoms with Gasteiger partial charge in [-0.1, -0.05) is 30.7 Å². The molecule has 1 aromatic rings. The molecule has 4 heteroatoms. The Morgan fingerprint density at radius 1 is 1.21 bits per heavy atom. The normalized spacial score (nSPS) is 26.1. The molecule has 19 heavy (non-hydrogen) atoms. The number of cyclic esters (lactones) is 1. The second-order valence-electron chi connectivity index (χ2n) is 5.38. The Labute approximate surface area is 117 Å². The average molecular weight is 281 g/mol. The van der Waals surface area contributed by atoms with E-state index >= 15 is 0 Å². The Hall–Kier alpha value is -1.35. The molecule has 0 bridgehead atoms. The summed E-state index contributed by atoms with van der Waals surface area (Å²) in [6.45, 7) is 5.18. The first-order valence-corrected chi connectivity index (χ1v) is 6.76. The number of rotatable bonds is 2. The van der Waals surface area contributed by atoms with Gasteiger partial charge in [-0.2, -0.15) is 0 Å². The van der Waals surface area contributed by atoms with Gasteiger partial charge in [-0.3, -0.25) is 9.59 Å². The van der Waals surface area contributed by atoms with E-state index in [0.717, 1.165) is 5.56 Å². The molecule has 102 valence electrons. The van der Waals surface area contributed by atoms with Gasteiger partial charge in [-0.05, 0) is 38.0 Å². The molecular weight excluding hydrogens is 264 g/mol. The third-order valence-electron chi connectivity index (χ3n) is 3.70. The fraction of sp³-hybridized carbons (Fsp3) is 0.467. The fourth-order valence-electron chi connectivity index (χ4n) is 2.40. The van der Waals surface area contributed by atoms with Crippen LogP contribution in [0.4, 0.5) is 0 Å². The molecule has 0 amide bonds. The molecule has 1 aliphatic heterocycles. The third kappa shape index (κ3) is 2.39. The molecule has 1 aliphatic rings. The van der Waals surface area contributed by atoms with E-state index in [9.17, 15) is 9.59 Å². The average Bonchev–Trinajstić information content (AvgIpc) is 2.37. The molecule has 0 aliphatic carbocycles. The van der Waals surface area contributed by atoms with Gasteiger partial charge in [-0.15, -0.1) is 0 Å². The molecule has 3 nitrogen and oxygen atoms in total. The van der Waals surface area contributed by atoms with Crippen LogP contribution in [-0.4, -0.2) is 11.8 Å². The van der Waals surface area contributed by atoms with Crippen LogP contribution >= 0.6 is 11.6 Å². The zero-order valence-electron chi connectivity index (χ0n) is 11.3. The van der Waals surface area contributed by atoms with E-state index in [4.69, 9.17) is 16.3 Å². The summed E-state index contributed by atoms with van der Waals surface area (Å²) in [5.41, 5.74) is -0.239. The number of Topliss-reactive ketones (excluding diaryl/α,β-unsaturated/α-hetero) is 1. The summed E-state index contributed by atoms with van der Waals surface area (Å²) < 4.78 is 5.50. The predicted molar refractivity (Wildman–Crippen MR) is 72.9 cm³/mol. The quantitative estimate of drug-likeness (QED) is 0.614. The van der Waals surface area contributed by atoms with Crippen molar-refractivity contribution in [3.8, 4) is 0 Å². The minimum absolute atomic E-state index is 0.0498. The van der Waals surface area contributed by atoms with Crippen molar-refractivity contribution < 1.29 is 14.3 Å². The van der Waals surface area contributed by atoms with Crippen LogP contribution in [0.2, 0.25) is 5.02 Å². The maximum Gasteiger partial charge on any atom is 0.319 e. The van der Waals surface area contributed by atoms with Crippen molar-refractivity contribution in [3.63, 3.8) is 0 Å². The number of ketones is 1. The number of ether oxygens (including phenoxy) is 1. The predicted octanol–water partition coefficient (Wildman–Crippen LogP) is 3.56. The molecule has 0 aromatic heterocycles. The number of halogens is 1. The summed E-state index contributed by atoms with van der Waals surface area (Å²) >= 11 is 5.85. The van der Waals surface area contributed by atoms with Crippen LogP contribution in [0.25, 0.3) is 0 Å². The second kappa shape index (κ2) is 4.97. The van der Waals surface area contributed by atoms with Crippen molar-refractivity contribution >= 4 is 23.4 Å². The Kier molecular flexibility index (Phi) is 3.68. The van der Waals surface area contributed by atoms with Crippen LogP contribution in [-0.2, 0) is 14.3 Å². The Balaban J connectivity index is 2.38. The van der Waals surface area contributed by atoms with Crippen LogP contribution < -0.4 is 0 Å². The minimum Gasteiger partial charge on any atom is -0.456 e. The first-order valence-electron chi connectivity index (χ1n) is 6.38. The van der Waals surface area contributed by atoms with Gasteiger partial charge in [0.2, 0.25) is 0 Å². The Morgan fingerprint density at radius 3 is 2.32 bits per heavy atom. The Bertz CT molecular complexity index is 505. The minimum atomic E-state index is -1.05. The first kappa shape index (κ1) is 14.1. The van der Waals surface area contributed by atoms with Crippen LogP contribution in [0.3, 0.4) is 0 Å². The first-order chi connectivity index (χ1) is 8.87. The van der Waals surface area contributed by atoms with Gasteiger partial charge < -0.3 is 4.74 Å². The fourth-order valence-corrected chi connectivity index (χ4v) is 2.52. The van der Waals surface area contributed by atoms with Crippen molar-refractivity contribution in [2.45, 2.75) is 33.3 Å². The summed E-state index contributed by atoms with van der Waals surface area (Å²) in [5.74, 6) is -0.803. The van der Waals surface area contributed by atoms with Crippen LogP contribution in [0.1, 0.15) is 38.9 Å². The number of benzene rings is 1. The zero-order chi connectivity index (χ0) is 14.2. The van der Waals surface area contributed by atoms with E-state index in [0.29, 0.717) is 11.4 Å². The lowest BCUT2D eigenvalue weighted by molar-refractivity contribution is -0.179. The molecule has 2 atom stereocenters. The standard InChI is InChI=1S/C15H17ClO3/c1-4-11-12(9-5-7-10(16)8-6-9)19-14(18)15(2,3)13(11)17/h5-8,11-12H,4H2,1-3H3/t11-,12+/m1/s1. The smallest absolute Gasteiger partial charge is 0.319 e.